The lowest BCUT2D eigenvalue weighted by atomic mass is 10.1. The number of nitrogens with zero attached hydrogens (tertiary/aromatic N) is 3. The van der Waals surface area contributed by atoms with E-state index in [1.54, 1.807) is 12.3 Å². The molecule has 1 unspecified atom stereocenters. The lowest BCUT2D eigenvalue weighted by Gasteiger charge is -2.13. The number of thiophene rings is 1. The fourth-order valence-corrected chi connectivity index (χ4v) is 3.70. The Bertz CT molecular complexity index is 849. The van der Waals surface area contributed by atoms with Crippen LogP contribution in [0.3, 0.4) is 0 Å². The molecule has 3 rings (SSSR count). The summed E-state index contributed by atoms with van der Waals surface area (Å²) in [7, 11) is 0. The minimum Gasteiger partial charge on any atom is -0.383 e. The number of nitrogen functional groups attached to an aromatic ring is 1. The van der Waals surface area contributed by atoms with E-state index in [0.717, 1.165) is 9.73 Å². The van der Waals surface area contributed by atoms with Gasteiger partial charge in [-0.15, -0.1) is 35.7 Å². The maximum absolute atomic E-state index is 13.7. The van der Waals surface area contributed by atoms with Gasteiger partial charge in [-0.2, -0.15) is 0 Å². The van der Waals surface area contributed by atoms with Gasteiger partial charge in [0.2, 0.25) is 0 Å². The summed E-state index contributed by atoms with van der Waals surface area (Å²) < 4.78 is 14.6. The zero-order chi connectivity index (χ0) is 15.9. The van der Waals surface area contributed by atoms with E-state index in [1.807, 2.05) is 13.2 Å². The van der Waals surface area contributed by atoms with E-state index >= 15 is 0 Å². The molecule has 8 heteroatoms. The standard InChI is InChI=1S/C14H13FN4S3/c1-6(13-18-12(16)11(20)14(19-13)21-2)9-3-7-8(15)5-22-10(7)4-17-9/h3-6,20H,1-2H3,(H2,16,18,19). The number of thiol groups is 1. The van der Waals surface area contributed by atoms with Gasteiger partial charge < -0.3 is 5.73 Å². The van der Waals surface area contributed by atoms with Crippen molar-refractivity contribution in [3.8, 4) is 0 Å². The van der Waals surface area contributed by atoms with Gasteiger partial charge in [-0.3, -0.25) is 4.98 Å². The molecular formula is C14H13FN4S3. The van der Waals surface area contributed by atoms with E-state index in [-0.39, 0.29) is 11.7 Å². The molecule has 0 aliphatic heterocycles. The highest BCUT2D eigenvalue weighted by molar-refractivity contribution is 7.99. The first kappa shape index (κ1) is 15.5. The van der Waals surface area contributed by atoms with Crippen molar-refractivity contribution in [2.75, 3.05) is 12.0 Å². The Hall–Kier alpha value is -1.38. The number of anilines is 1. The fraction of sp³-hybridized carbons (Fsp3) is 0.214. The zero-order valence-corrected chi connectivity index (χ0v) is 14.4. The number of pyridine rings is 1. The summed E-state index contributed by atoms with van der Waals surface area (Å²) in [5, 5.41) is 2.78. The summed E-state index contributed by atoms with van der Waals surface area (Å²) in [5.74, 6) is 0.479. The van der Waals surface area contributed by atoms with Gasteiger partial charge in [-0.1, -0.05) is 0 Å². The number of rotatable bonds is 3. The van der Waals surface area contributed by atoms with Gasteiger partial charge in [-0.25, -0.2) is 14.4 Å². The van der Waals surface area contributed by atoms with Crippen LogP contribution in [0.5, 0.6) is 0 Å². The Kier molecular flexibility index (Phi) is 4.24. The van der Waals surface area contributed by atoms with Crippen molar-refractivity contribution in [2.24, 2.45) is 0 Å². The molecule has 0 amide bonds. The van der Waals surface area contributed by atoms with Crippen LogP contribution < -0.4 is 5.73 Å². The first-order valence-electron chi connectivity index (χ1n) is 6.44. The number of fused-ring (bicyclic) bond motifs is 1. The van der Waals surface area contributed by atoms with Crippen LogP contribution >= 0.6 is 35.7 Å². The van der Waals surface area contributed by atoms with Gasteiger partial charge in [-0.05, 0) is 19.2 Å². The normalized spacial score (nSPS) is 12.7. The number of hydrogen-bond acceptors (Lipinski definition) is 7. The van der Waals surface area contributed by atoms with E-state index in [1.165, 1.54) is 28.5 Å². The maximum atomic E-state index is 13.7. The van der Waals surface area contributed by atoms with Crippen LogP contribution in [0.2, 0.25) is 0 Å². The molecule has 0 saturated carbocycles. The van der Waals surface area contributed by atoms with Gasteiger partial charge in [0.1, 0.15) is 22.5 Å². The second-order valence-electron chi connectivity index (χ2n) is 4.74. The van der Waals surface area contributed by atoms with E-state index in [4.69, 9.17) is 5.73 Å². The highest BCUT2D eigenvalue weighted by atomic mass is 32.2. The molecule has 114 valence electrons. The van der Waals surface area contributed by atoms with Gasteiger partial charge in [0.15, 0.2) is 0 Å². The van der Waals surface area contributed by atoms with Crippen molar-refractivity contribution < 1.29 is 4.39 Å². The number of nitrogens with two attached hydrogens (primary N) is 1. The summed E-state index contributed by atoms with van der Waals surface area (Å²) in [5.41, 5.74) is 6.60. The topological polar surface area (TPSA) is 64.7 Å². The zero-order valence-electron chi connectivity index (χ0n) is 11.9. The second kappa shape index (κ2) is 6.02. The third kappa shape index (κ3) is 2.66. The third-order valence-electron chi connectivity index (χ3n) is 3.36. The molecule has 0 saturated heterocycles. The number of halogens is 1. The summed E-state index contributed by atoms with van der Waals surface area (Å²) in [4.78, 5) is 13.8. The summed E-state index contributed by atoms with van der Waals surface area (Å²) >= 11 is 7.11. The molecule has 0 radical (unpaired) electrons. The van der Waals surface area contributed by atoms with Gasteiger partial charge in [0.25, 0.3) is 0 Å². The van der Waals surface area contributed by atoms with Crippen LogP contribution in [-0.2, 0) is 0 Å². The van der Waals surface area contributed by atoms with E-state index < -0.39 is 0 Å². The molecule has 1 atom stereocenters. The Morgan fingerprint density at radius 2 is 2.18 bits per heavy atom. The molecule has 2 N–H and O–H groups in total. The first-order chi connectivity index (χ1) is 10.5. The Balaban J connectivity index is 2.06. The lowest BCUT2D eigenvalue weighted by Crippen LogP contribution is -2.08. The van der Waals surface area contributed by atoms with Crippen molar-refractivity contribution in [3.05, 3.63) is 35.0 Å². The molecule has 0 aliphatic rings. The van der Waals surface area contributed by atoms with Crippen LogP contribution in [0.4, 0.5) is 10.2 Å². The number of aromatic nitrogens is 3. The number of hydrogen-bond donors (Lipinski definition) is 2. The largest absolute Gasteiger partial charge is 0.383 e. The average Bonchev–Trinajstić information content (AvgIpc) is 2.90. The van der Waals surface area contributed by atoms with Gasteiger partial charge >= 0.3 is 0 Å². The van der Waals surface area contributed by atoms with Crippen molar-refractivity contribution in [2.45, 2.75) is 22.8 Å². The monoisotopic (exact) mass is 352 g/mol. The third-order valence-corrected chi connectivity index (χ3v) is 5.53. The summed E-state index contributed by atoms with van der Waals surface area (Å²) in [6.07, 6.45) is 3.59. The van der Waals surface area contributed by atoms with E-state index in [9.17, 15) is 4.39 Å². The Labute approximate surface area is 140 Å². The number of thioether (sulfide) groups is 1. The highest BCUT2D eigenvalue weighted by Gasteiger charge is 2.18. The predicted octanol–water partition coefficient (Wildman–Crippen LogP) is 3.97. The summed E-state index contributed by atoms with van der Waals surface area (Å²) in [6.45, 7) is 1.93. The van der Waals surface area contributed by atoms with Crippen molar-refractivity contribution in [3.63, 3.8) is 0 Å². The molecule has 4 nitrogen and oxygen atoms in total. The summed E-state index contributed by atoms with van der Waals surface area (Å²) in [6, 6.07) is 1.75. The van der Waals surface area contributed by atoms with Crippen LogP contribution in [0, 0.1) is 5.82 Å². The SMILES string of the molecule is CSc1nc(C(C)c2cc3c(F)csc3cn2)nc(N)c1S. The average molecular weight is 352 g/mol. The smallest absolute Gasteiger partial charge is 0.141 e. The minimum absolute atomic E-state index is 0.189. The molecular weight excluding hydrogens is 339 g/mol. The van der Waals surface area contributed by atoms with Crippen LogP contribution in [0.1, 0.15) is 24.4 Å². The molecule has 3 aromatic heterocycles. The van der Waals surface area contributed by atoms with E-state index in [0.29, 0.717) is 27.6 Å². The molecule has 0 spiro atoms. The first-order valence-corrected chi connectivity index (χ1v) is 8.99. The predicted molar refractivity (Wildman–Crippen MR) is 92.6 cm³/mol. The fourth-order valence-electron chi connectivity index (χ4n) is 2.09. The highest BCUT2D eigenvalue weighted by Crippen LogP contribution is 2.31. The second-order valence-corrected chi connectivity index (χ2v) is 6.89. The van der Waals surface area contributed by atoms with E-state index in [2.05, 4.69) is 27.6 Å². The molecule has 0 aromatic carbocycles. The van der Waals surface area contributed by atoms with Gasteiger partial charge in [0.05, 0.1) is 21.2 Å². The molecule has 0 bridgehead atoms. The Morgan fingerprint density at radius 3 is 2.91 bits per heavy atom. The van der Waals surface area contributed by atoms with Gasteiger partial charge in [0, 0.05) is 17.0 Å². The quantitative estimate of drug-likeness (QED) is 0.424. The molecule has 22 heavy (non-hydrogen) atoms. The molecule has 3 aromatic rings. The van der Waals surface area contributed by atoms with Crippen LogP contribution in [-0.4, -0.2) is 21.2 Å². The molecule has 0 fully saturated rings. The van der Waals surface area contributed by atoms with Crippen molar-refractivity contribution in [1.29, 1.82) is 0 Å². The van der Waals surface area contributed by atoms with Crippen molar-refractivity contribution >= 4 is 51.6 Å². The molecule has 3 heterocycles. The van der Waals surface area contributed by atoms with Crippen molar-refractivity contribution in [1.82, 2.24) is 15.0 Å². The van der Waals surface area contributed by atoms with Crippen LogP contribution in [0.25, 0.3) is 10.1 Å². The minimum atomic E-state index is -0.230. The van der Waals surface area contributed by atoms with Crippen LogP contribution in [0.15, 0.2) is 27.6 Å². The Morgan fingerprint density at radius 1 is 1.41 bits per heavy atom. The lowest BCUT2D eigenvalue weighted by molar-refractivity contribution is 0.643. The molecule has 0 aliphatic carbocycles. The maximum Gasteiger partial charge on any atom is 0.141 e.